The van der Waals surface area contributed by atoms with E-state index in [0.717, 1.165) is 52.1 Å². The maximum absolute atomic E-state index is 12.9. The minimum absolute atomic E-state index is 0.0181. The van der Waals surface area contributed by atoms with Crippen LogP contribution in [0.3, 0.4) is 0 Å². The first-order chi connectivity index (χ1) is 14.6. The van der Waals surface area contributed by atoms with Crippen molar-refractivity contribution in [1.82, 2.24) is 20.0 Å². The highest BCUT2D eigenvalue weighted by molar-refractivity contribution is 6.35. The molecule has 5 aliphatic heterocycles. The van der Waals surface area contributed by atoms with E-state index in [9.17, 15) is 9.59 Å². The molecule has 3 unspecified atom stereocenters. The fraction of sp³-hybridized carbons (Fsp3) is 0.591. The van der Waals surface area contributed by atoms with E-state index < -0.39 is 5.91 Å². The number of piperidine rings is 2. The monoisotopic (exact) mass is 414 g/mol. The Hall–Kier alpha value is -2.45. The third-order valence-electron chi connectivity index (χ3n) is 7.02. The minimum Gasteiger partial charge on any atom is -0.483 e. The van der Waals surface area contributed by atoms with Gasteiger partial charge in [0, 0.05) is 69.7 Å². The molecule has 8 heteroatoms. The van der Waals surface area contributed by atoms with Crippen LogP contribution in [0.4, 0.5) is 0 Å². The summed E-state index contributed by atoms with van der Waals surface area (Å²) in [5, 5.41) is 10.1. The predicted molar refractivity (Wildman–Crippen MR) is 111 cm³/mol. The number of nitrogens with one attached hydrogen (secondary N) is 1. The number of likely N-dealkylation sites (tertiary alicyclic amines) is 1. The van der Waals surface area contributed by atoms with Crippen LogP contribution in [0.15, 0.2) is 30.3 Å². The fourth-order valence-corrected chi connectivity index (χ4v) is 5.84. The van der Waals surface area contributed by atoms with Crippen LogP contribution in [-0.4, -0.2) is 96.5 Å². The van der Waals surface area contributed by atoms with Gasteiger partial charge >= 0.3 is 11.8 Å². The van der Waals surface area contributed by atoms with Crippen molar-refractivity contribution in [3.8, 4) is 0 Å². The first-order valence-corrected chi connectivity index (χ1v) is 10.8. The lowest BCUT2D eigenvalue weighted by Crippen LogP contribution is -2.71. The van der Waals surface area contributed by atoms with Crippen LogP contribution in [0.2, 0.25) is 0 Å². The summed E-state index contributed by atoms with van der Waals surface area (Å²) in [6.45, 7) is 7.29. The van der Waals surface area contributed by atoms with Crippen molar-refractivity contribution < 1.29 is 19.5 Å². The highest BCUT2D eigenvalue weighted by atomic mass is 16.3. The third kappa shape index (κ3) is 3.81. The molecule has 6 rings (SSSR count). The van der Waals surface area contributed by atoms with Crippen molar-refractivity contribution in [2.24, 2.45) is 5.92 Å². The Morgan fingerprint density at radius 3 is 2.13 bits per heavy atom. The maximum atomic E-state index is 12.9. The van der Waals surface area contributed by atoms with Crippen molar-refractivity contribution in [3.05, 3.63) is 35.9 Å². The van der Waals surface area contributed by atoms with Crippen LogP contribution in [0.5, 0.6) is 0 Å². The Labute approximate surface area is 176 Å². The number of rotatable bonds is 2. The maximum Gasteiger partial charge on any atom is 0.311 e. The van der Waals surface area contributed by atoms with Crippen molar-refractivity contribution in [1.29, 1.82) is 0 Å². The van der Waals surface area contributed by atoms with Crippen molar-refractivity contribution in [2.45, 2.75) is 24.3 Å². The van der Waals surface area contributed by atoms with E-state index in [1.54, 1.807) is 4.90 Å². The number of hydrogen-bond donors (Lipinski definition) is 2. The van der Waals surface area contributed by atoms with Crippen LogP contribution in [0, 0.1) is 5.92 Å². The summed E-state index contributed by atoms with van der Waals surface area (Å²) in [7, 11) is 0. The molecule has 0 spiro atoms. The van der Waals surface area contributed by atoms with Crippen LogP contribution < -0.4 is 5.32 Å². The number of carboxylic acid groups (broad SMARTS) is 1. The van der Waals surface area contributed by atoms with Gasteiger partial charge in [0.15, 0.2) is 0 Å². The Bertz CT molecular complexity index is 765. The average molecular weight is 415 g/mol. The molecule has 5 heterocycles. The zero-order chi connectivity index (χ0) is 21.1. The summed E-state index contributed by atoms with van der Waals surface area (Å²) in [4.78, 5) is 40.6. The summed E-state index contributed by atoms with van der Waals surface area (Å²) in [6.07, 6.45) is 2.01. The molecular formula is C22H30N4O4. The van der Waals surface area contributed by atoms with Crippen LogP contribution >= 0.6 is 0 Å². The molecule has 2 amide bonds. The van der Waals surface area contributed by atoms with Crippen LogP contribution in [0.1, 0.15) is 18.4 Å². The highest BCUT2D eigenvalue weighted by Crippen LogP contribution is 2.43. The Morgan fingerprint density at radius 1 is 1.00 bits per heavy atom. The lowest BCUT2D eigenvalue weighted by Gasteiger charge is -2.55. The van der Waals surface area contributed by atoms with Gasteiger partial charge in [0.2, 0.25) is 0 Å². The van der Waals surface area contributed by atoms with Gasteiger partial charge in [-0.25, -0.2) is 0 Å². The van der Waals surface area contributed by atoms with E-state index in [-0.39, 0.29) is 23.8 Å². The van der Waals surface area contributed by atoms with E-state index in [1.165, 1.54) is 5.56 Å². The zero-order valence-corrected chi connectivity index (χ0v) is 17.2. The largest absolute Gasteiger partial charge is 0.483 e. The topological polar surface area (TPSA) is 93.2 Å². The molecule has 162 valence electrons. The van der Waals surface area contributed by atoms with Crippen molar-refractivity contribution >= 4 is 18.3 Å². The van der Waals surface area contributed by atoms with Gasteiger partial charge < -0.3 is 25.1 Å². The Morgan fingerprint density at radius 2 is 1.57 bits per heavy atom. The SMILES string of the molecule is O=C(NC1C2CN3CCN(C2)CC1(c1ccccc1)C3)C(=O)N1CCCC1.O=CO. The van der Waals surface area contributed by atoms with Gasteiger partial charge in [-0.3, -0.25) is 14.4 Å². The molecule has 5 fully saturated rings. The number of fused-ring (bicyclic) bond motifs is 1. The summed E-state index contributed by atoms with van der Waals surface area (Å²) in [5.74, 6) is -0.387. The molecule has 0 aromatic heterocycles. The number of amides is 2. The second-order valence-electron chi connectivity index (χ2n) is 8.81. The van der Waals surface area contributed by atoms with Gasteiger partial charge in [0.25, 0.3) is 6.47 Å². The standard InChI is InChI=1S/C21H28N4O2.CH2O2/c26-19(20(27)25-8-4-5-9-25)22-18-16-12-23-10-11-24(13-16)15-21(18,14-23)17-6-2-1-3-7-17;2-1-3/h1-3,6-7,16,18H,4-5,8-15H2,(H,22,26);1H,(H,2,3). The molecule has 5 saturated heterocycles. The van der Waals surface area contributed by atoms with Crippen molar-refractivity contribution in [3.63, 3.8) is 0 Å². The quantitative estimate of drug-likeness (QED) is 0.523. The number of benzene rings is 1. The number of nitrogens with zero attached hydrogens (tertiary/aromatic N) is 3. The molecule has 1 aromatic carbocycles. The highest BCUT2D eigenvalue weighted by Gasteiger charge is 2.55. The second-order valence-corrected chi connectivity index (χ2v) is 8.81. The smallest absolute Gasteiger partial charge is 0.311 e. The lowest BCUT2D eigenvalue weighted by molar-refractivity contribution is -0.146. The van der Waals surface area contributed by atoms with Crippen molar-refractivity contribution in [2.75, 3.05) is 52.4 Å². The number of carbonyl (C=O) groups excluding carboxylic acids is 2. The minimum atomic E-state index is -0.409. The molecule has 5 aliphatic rings. The average Bonchev–Trinajstić information content (AvgIpc) is 3.17. The van der Waals surface area contributed by atoms with E-state index in [4.69, 9.17) is 9.90 Å². The number of hydrogen-bond acceptors (Lipinski definition) is 5. The van der Waals surface area contributed by atoms with Gasteiger partial charge in [-0.1, -0.05) is 30.3 Å². The molecule has 8 nitrogen and oxygen atoms in total. The summed E-state index contributed by atoms with van der Waals surface area (Å²) in [5.41, 5.74) is 1.14. The molecule has 3 atom stereocenters. The Balaban J connectivity index is 0.000000687. The second kappa shape index (κ2) is 8.73. The van der Waals surface area contributed by atoms with E-state index >= 15 is 0 Å². The normalized spacial score (nSPS) is 33.9. The van der Waals surface area contributed by atoms with Gasteiger partial charge in [0.1, 0.15) is 0 Å². The molecule has 0 aliphatic carbocycles. The molecule has 0 radical (unpaired) electrons. The van der Waals surface area contributed by atoms with Gasteiger partial charge in [-0.05, 0) is 18.4 Å². The van der Waals surface area contributed by atoms with Gasteiger partial charge in [0.05, 0.1) is 0 Å². The van der Waals surface area contributed by atoms with Crippen LogP contribution in [-0.2, 0) is 19.8 Å². The molecule has 2 N–H and O–H groups in total. The summed E-state index contributed by atoms with van der Waals surface area (Å²) < 4.78 is 0. The lowest BCUT2D eigenvalue weighted by atomic mass is 9.64. The molecular weight excluding hydrogens is 384 g/mol. The van der Waals surface area contributed by atoms with E-state index in [0.29, 0.717) is 19.0 Å². The fourth-order valence-electron chi connectivity index (χ4n) is 5.84. The molecule has 30 heavy (non-hydrogen) atoms. The number of carbonyl (C=O) groups is 3. The first kappa shape index (κ1) is 20.8. The van der Waals surface area contributed by atoms with Crippen LogP contribution in [0.25, 0.3) is 0 Å². The Kier molecular flexibility index (Phi) is 6.06. The molecule has 4 bridgehead atoms. The van der Waals surface area contributed by atoms with E-state index in [2.05, 4.69) is 39.4 Å². The summed E-state index contributed by atoms with van der Waals surface area (Å²) in [6, 6.07) is 10.6. The van der Waals surface area contributed by atoms with Gasteiger partial charge in [-0.2, -0.15) is 0 Å². The van der Waals surface area contributed by atoms with E-state index in [1.807, 2.05) is 6.07 Å². The zero-order valence-electron chi connectivity index (χ0n) is 17.2. The summed E-state index contributed by atoms with van der Waals surface area (Å²) >= 11 is 0. The molecule has 0 saturated carbocycles. The first-order valence-electron chi connectivity index (χ1n) is 10.8. The van der Waals surface area contributed by atoms with Gasteiger partial charge in [-0.15, -0.1) is 0 Å². The predicted octanol–water partition coefficient (Wildman–Crippen LogP) is -0.00660. The third-order valence-corrected chi connectivity index (χ3v) is 7.02. The molecule has 1 aromatic rings.